The van der Waals surface area contributed by atoms with Gasteiger partial charge in [0.1, 0.15) is 22.3 Å². The minimum absolute atomic E-state index is 0.0693. The van der Waals surface area contributed by atoms with Gasteiger partial charge in [0.05, 0.1) is 12.7 Å². The van der Waals surface area contributed by atoms with Gasteiger partial charge in [0.2, 0.25) is 0 Å². The molecule has 0 radical (unpaired) electrons. The lowest BCUT2D eigenvalue weighted by molar-refractivity contribution is 0.0631. The molecule has 3 rings (SSSR count). The lowest BCUT2D eigenvalue weighted by Crippen LogP contribution is -2.41. The molecule has 174 valence electrons. The summed E-state index contributed by atoms with van der Waals surface area (Å²) in [7, 11) is -4.01. The number of amides is 1. The van der Waals surface area contributed by atoms with Crippen molar-refractivity contribution in [3.05, 3.63) is 23.8 Å². The molecule has 2 atom stereocenters. The Bertz CT molecular complexity index is 909. The molecule has 1 saturated heterocycles. The molecule has 10 heteroatoms. The number of carbonyl (C=O) groups excluding carboxylic acids is 1. The average Bonchev–Trinajstić information content (AvgIpc) is 3.31. The van der Waals surface area contributed by atoms with Crippen molar-refractivity contribution in [2.75, 3.05) is 26.0 Å². The summed E-state index contributed by atoms with van der Waals surface area (Å²) in [5.41, 5.74) is 6.08. The lowest BCUT2D eigenvalue weighted by Gasteiger charge is -2.32. The summed E-state index contributed by atoms with van der Waals surface area (Å²) in [6.07, 6.45) is 3.41. The van der Waals surface area contributed by atoms with Crippen LogP contribution in [0.3, 0.4) is 0 Å². The molecule has 1 heterocycles. The van der Waals surface area contributed by atoms with E-state index >= 15 is 0 Å². The Kier molecular flexibility index (Phi) is 6.81. The second-order valence-corrected chi connectivity index (χ2v) is 10.8. The Morgan fingerprint density at radius 2 is 1.84 bits per heavy atom. The molecule has 1 amide bonds. The fraction of sp³-hybridized carbons (Fsp3) is 0.667. The van der Waals surface area contributed by atoms with Crippen LogP contribution in [0.25, 0.3) is 0 Å². The minimum atomic E-state index is -4.01. The fourth-order valence-electron chi connectivity index (χ4n) is 4.37. The predicted octanol–water partition coefficient (Wildman–Crippen LogP) is 3.11. The second kappa shape index (κ2) is 8.90. The normalized spacial score (nSPS) is 24.4. The van der Waals surface area contributed by atoms with Crippen LogP contribution in [0.5, 0.6) is 5.75 Å². The van der Waals surface area contributed by atoms with E-state index in [1.165, 1.54) is 0 Å². The highest BCUT2D eigenvalue weighted by Gasteiger charge is 2.54. The van der Waals surface area contributed by atoms with Gasteiger partial charge in [-0.3, -0.25) is 0 Å². The van der Waals surface area contributed by atoms with Crippen LogP contribution in [-0.4, -0.2) is 57.0 Å². The van der Waals surface area contributed by atoms with Crippen LogP contribution in [0.15, 0.2) is 17.0 Å². The summed E-state index contributed by atoms with van der Waals surface area (Å²) >= 11 is 0. The van der Waals surface area contributed by atoms with E-state index in [-0.39, 0.29) is 24.6 Å². The summed E-state index contributed by atoms with van der Waals surface area (Å²) in [4.78, 5) is 12.8. The van der Waals surface area contributed by atoms with E-state index in [2.05, 4.69) is 0 Å². The minimum Gasteiger partial charge on any atom is -0.493 e. The highest BCUT2D eigenvalue weighted by molar-refractivity contribution is 7.90. The zero-order valence-corrected chi connectivity index (χ0v) is 18.9. The maximum Gasteiger partial charge on any atom is 0.410 e. The number of benzene rings is 1. The van der Waals surface area contributed by atoms with Gasteiger partial charge in [-0.1, -0.05) is 0 Å². The first-order valence-electron chi connectivity index (χ1n) is 10.5. The largest absolute Gasteiger partial charge is 0.493 e. The molecule has 2 aliphatic rings. The number of nitrogens with two attached hydrogens (primary N) is 1. The van der Waals surface area contributed by atoms with Crippen molar-refractivity contribution in [2.24, 2.45) is 17.6 Å². The number of rotatable bonds is 7. The van der Waals surface area contributed by atoms with Crippen LogP contribution in [0.2, 0.25) is 0 Å². The Morgan fingerprint density at radius 3 is 2.35 bits per heavy atom. The van der Waals surface area contributed by atoms with Crippen LogP contribution in [-0.2, 0) is 14.6 Å². The van der Waals surface area contributed by atoms with Gasteiger partial charge in [0, 0.05) is 37.0 Å². The van der Waals surface area contributed by atoms with Crippen molar-refractivity contribution in [1.82, 2.24) is 4.90 Å². The Labute approximate surface area is 181 Å². The fourth-order valence-corrected chi connectivity index (χ4v) is 5.19. The molecule has 0 spiro atoms. The van der Waals surface area contributed by atoms with Crippen LogP contribution in [0, 0.1) is 23.5 Å². The maximum atomic E-state index is 14.0. The lowest BCUT2D eigenvalue weighted by atomic mass is 9.89. The van der Waals surface area contributed by atoms with E-state index in [1.54, 1.807) is 4.90 Å². The van der Waals surface area contributed by atoms with Crippen LogP contribution in [0.1, 0.15) is 39.5 Å². The van der Waals surface area contributed by atoms with E-state index in [0.717, 1.165) is 37.7 Å². The number of piperidine rings is 1. The van der Waals surface area contributed by atoms with Gasteiger partial charge in [-0.15, -0.1) is 0 Å². The topological polar surface area (TPSA) is 98.9 Å². The third kappa shape index (κ3) is 5.65. The van der Waals surface area contributed by atoms with E-state index < -0.39 is 31.9 Å². The van der Waals surface area contributed by atoms with Crippen LogP contribution >= 0.6 is 0 Å². The van der Waals surface area contributed by atoms with Gasteiger partial charge in [-0.2, -0.15) is 0 Å². The first-order chi connectivity index (χ1) is 14.4. The molecule has 31 heavy (non-hydrogen) atoms. The number of ether oxygens (including phenoxy) is 2. The molecular formula is C21H30F2N2O5S. The van der Waals surface area contributed by atoms with Gasteiger partial charge in [-0.05, 0) is 51.4 Å². The van der Waals surface area contributed by atoms with Gasteiger partial charge in [0.15, 0.2) is 9.84 Å². The van der Waals surface area contributed by atoms with Crippen molar-refractivity contribution in [3.8, 4) is 5.75 Å². The third-order valence-electron chi connectivity index (χ3n) is 6.06. The van der Waals surface area contributed by atoms with Crippen LogP contribution in [0.4, 0.5) is 13.6 Å². The summed E-state index contributed by atoms with van der Waals surface area (Å²) in [6.45, 7) is 5.10. The Morgan fingerprint density at radius 1 is 1.26 bits per heavy atom. The number of hydrogen-bond acceptors (Lipinski definition) is 6. The average molecular weight is 461 g/mol. The Balaban J connectivity index is 1.47. The van der Waals surface area contributed by atoms with Crippen molar-refractivity contribution < 1.29 is 31.5 Å². The number of likely N-dealkylation sites (tertiary alicyclic amines) is 1. The van der Waals surface area contributed by atoms with E-state index in [4.69, 9.17) is 15.2 Å². The van der Waals surface area contributed by atoms with Gasteiger partial charge in [-0.25, -0.2) is 22.0 Å². The number of sulfone groups is 1. The molecule has 1 aliphatic carbocycles. The Hall–Kier alpha value is -1.94. The molecule has 2 fully saturated rings. The smallest absolute Gasteiger partial charge is 0.410 e. The highest BCUT2D eigenvalue weighted by Crippen LogP contribution is 2.51. The molecule has 2 N–H and O–H groups in total. The third-order valence-corrected chi connectivity index (χ3v) is 7.19. The van der Waals surface area contributed by atoms with E-state index in [0.29, 0.717) is 31.3 Å². The van der Waals surface area contributed by atoms with Crippen molar-refractivity contribution in [1.29, 1.82) is 0 Å². The van der Waals surface area contributed by atoms with Crippen molar-refractivity contribution >= 4 is 15.9 Å². The van der Waals surface area contributed by atoms with Crippen molar-refractivity contribution in [2.45, 2.75) is 56.1 Å². The molecule has 1 saturated carbocycles. The molecule has 0 bridgehead atoms. The zero-order chi connectivity index (χ0) is 23.0. The quantitative estimate of drug-likeness (QED) is 0.671. The zero-order valence-electron chi connectivity index (χ0n) is 18.1. The van der Waals surface area contributed by atoms with Gasteiger partial charge in [0.25, 0.3) is 0 Å². The molecule has 1 aromatic rings. The summed E-state index contributed by atoms with van der Waals surface area (Å²) < 4.78 is 61.6. The number of carbonyl (C=O) groups is 1. The van der Waals surface area contributed by atoms with E-state index in [9.17, 15) is 22.0 Å². The molecule has 7 nitrogen and oxygen atoms in total. The number of hydrogen-bond donors (Lipinski definition) is 1. The van der Waals surface area contributed by atoms with Gasteiger partial charge < -0.3 is 20.1 Å². The first-order valence-corrected chi connectivity index (χ1v) is 12.4. The van der Waals surface area contributed by atoms with E-state index in [1.807, 2.05) is 13.8 Å². The molecule has 0 unspecified atom stereocenters. The maximum absolute atomic E-state index is 14.0. The van der Waals surface area contributed by atoms with Crippen molar-refractivity contribution in [3.63, 3.8) is 0 Å². The number of halogens is 2. The summed E-state index contributed by atoms with van der Waals surface area (Å²) in [5, 5.41) is 0. The monoisotopic (exact) mass is 460 g/mol. The predicted molar refractivity (Wildman–Crippen MR) is 111 cm³/mol. The number of nitrogens with zero attached hydrogens (tertiary/aromatic N) is 1. The second-order valence-electron chi connectivity index (χ2n) is 8.89. The summed E-state index contributed by atoms with van der Waals surface area (Å²) in [5.74, 6) is -1.68. The van der Waals surface area contributed by atoms with Gasteiger partial charge >= 0.3 is 6.09 Å². The molecule has 1 aliphatic heterocycles. The first kappa shape index (κ1) is 23.7. The summed E-state index contributed by atoms with van der Waals surface area (Å²) in [6, 6.07) is 1.75. The molecular weight excluding hydrogens is 430 g/mol. The SMILES string of the molecule is CC(C)OC(=O)N1CCC([C@H]2C[C@@]2(N)CCOc2cc(F)c(S(C)(=O)=O)c(F)c2)CC1. The molecule has 0 aromatic heterocycles. The molecule has 1 aromatic carbocycles. The highest BCUT2D eigenvalue weighted by atomic mass is 32.2. The standard InChI is InChI=1S/C21H30F2N2O5S/c1-13(2)30-20(26)25-7-4-14(5-8-25)16-12-21(16,24)6-9-29-15-10-17(22)19(18(23)11-15)31(3,27)28/h10-11,13-14,16H,4-9,12,24H2,1-3H3/t16-,21+/m1/s1. The van der Waals surface area contributed by atoms with Crippen LogP contribution < -0.4 is 10.5 Å².